The maximum Gasteiger partial charge on any atom is 0.166 e. The molecule has 1 heterocycles. The summed E-state index contributed by atoms with van der Waals surface area (Å²) in [6.07, 6.45) is 1.58. The van der Waals surface area contributed by atoms with Crippen LogP contribution in [0.4, 0.5) is 0 Å². The number of rotatable bonds is 0. The number of ketones is 1. The van der Waals surface area contributed by atoms with E-state index in [4.69, 9.17) is 1.37 Å². The molecule has 0 amide bonds. The molecule has 0 radical (unpaired) electrons. The summed E-state index contributed by atoms with van der Waals surface area (Å²) in [7, 11) is 0. The van der Waals surface area contributed by atoms with Gasteiger partial charge in [-0.3, -0.25) is 4.79 Å². The zero-order valence-corrected chi connectivity index (χ0v) is 7.43. The number of thioether (sulfide) groups is 2. The van der Waals surface area contributed by atoms with Crippen LogP contribution in [0.15, 0.2) is 11.0 Å². The van der Waals surface area contributed by atoms with Gasteiger partial charge in [0.05, 0.1) is 5.73 Å². The minimum absolute atomic E-state index is 0.0697. The second kappa shape index (κ2) is 4.09. The SMILES string of the molecule is [2H]C1SCCS/C(C)=C\C1=O. The highest BCUT2D eigenvalue weighted by Gasteiger charge is 2.03. The maximum absolute atomic E-state index is 11.1. The third-order valence-corrected chi connectivity index (χ3v) is 3.15. The van der Waals surface area contributed by atoms with Crippen molar-refractivity contribution in [2.45, 2.75) is 6.92 Å². The molecule has 56 valence electrons. The number of allylic oxidation sites excluding steroid dienone is 2. The minimum atomic E-state index is -0.592. The molecule has 0 aromatic rings. The van der Waals surface area contributed by atoms with Crippen molar-refractivity contribution in [1.82, 2.24) is 0 Å². The quantitative estimate of drug-likeness (QED) is 0.560. The first-order valence-corrected chi connectivity index (χ1v) is 5.12. The molecule has 0 aromatic carbocycles. The van der Waals surface area contributed by atoms with Crippen molar-refractivity contribution in [2.75, 3.05) is 17.2 Å². The van der Waals surface area contributed by atoms with Crippen molar-refractivity contribution in [3.05, 3.63) is 11.0 Å². The monoisotopic (exact) mass is 175 g/mol. The molecule has 0 aromatic heterocycles. The molecule has 0 fully saturated rings. The largest absolute Gasteiger partial charge is 0.294 e. The molecule has 1 rings (SSSR count). The van der Waals surface area contributed by atoms with Gasteiger partial charge in [0, 0.05) is 12.9 Å². The molecule has 1 nitrogen and oxygen atoms in total. The van der Waals surface area contributed by atoms with E-state index in [1.807, 2.05) is 6.92 Å². The first kappa shape index (κ1) is 6.80. The fraction of sp³-hybridized carbons (Fsp3) is 0.571. The fourth-order valence-corrected chi connectivity index (χ4v) is 2.26. The van der Waals surface area contributed by atoms with Crippen LogP contribution in [-0.2, 0) is 4.79 Å². The van der Waals surface area contributed by atoms with Crippen LogP contribution in [0.25, 0.3) is 0 Å². The Morgan fingerprint density at radius 2 is 2.50 bits per heavy atom. The molecule has 1 aliphatic heterocycles. The van der Waals surface area contributed by atoms with Gasteiger partial charge < -0.3 is 0 Å². The van der Waals surface area contributed by atoms with Crippen molar-refractivity contribution >= 4 is 29.3 Å². The topological polar surface area (TPSA) is 17.1 Å². The number of carbonyl (C=O) groups is 1. The predicted octanol–water partition coefficient (Wildman–Crippen LogP) is 1.94. The lowest BCUT2D eigenvalue weighted by Gasteiger charge is -2.04. The van der Waals surface area contributed by atoms with Gasteiger partial charge in [0.15, 0.2) is 5.78 Å². The summed E-state index contributed by atoms with van der Waals surface area (Å²) in [5, 5.41) is 0. The van der Waals surface area contributed by atoms with Crippen LogP contribution in [0, 0.1) is 0 Å². The second-order valence-corrected chi connectivity index (χ2v) is 4.31. The van der Waals surface area contributed by atoms with Gasteiger partial charge in [0.25, 0.3) is 0 Å². The molecule has 1 aliphatic rings. The zero-order valence-electron chi connectivity index (χ0n) is 6.79. The molecule has 0 spiro atoms. The Balaban J connectivity index is 2.66. The summed E-state index contributed by atoms with van der Waals surface area (Å²) in [5.74, 6) is 1.84. The molecule has 3 heteroatoms. The van der Waals surface area contributed by atoms with E-state index in [0.717, 1.165) is 16.4 Å². The average Bonchev–Trinajstić information content (AvgIpc) is 1.95. The van der Waals surface area contributed by atoms with E-state index in [1.54, 1.807) is 17.8 Å². The molecular weight excluding hydrogens is 164 g/mol. The van der Waals surface area contributed by atoms with E-state index < -0.39 is 5.73 Å². The first-order valence-electron chi connectivity index (χ1n) is 3.66. The highest BCUT2D eigenvalue weighted by molar-refractivity contribution is 8.05. The smallest absolute Gasteiger partial charge is 0.166 e. The molecule has 0 saturated heterocycles. The molecule has 0 saturated carbocycles. The van der Waals surface area contributed by atoms with Crippen molar-refractivity contribution in [3.63, 3.8) is 0 Å². The highest BCUT2D eigenvalue weighted by Crippen LogP contribution is 2.19. The summed E-state index contributed by atoms with van der Waals surface area (Å²) in [6.45, 7) is 1.92. The van der Waals surface area contributed by atoms with Gasteiger partial charge in [-0.2, -0.15) is 11.8 Å². The lowest BCUT2D eigenvalue weighted by atomic mass is 10.4. The normalized spacial score (nSPS) is 35.3. The van der Waals surface area contributed by atoms with E-state index in [9.17, 15) is 4.79 Å². The molecular formula is C7H10OS2. The van der Waals surface area contributed by atoms with E-state index in [1.165, 1.54) is 11.8 Å². The molecule has 10 heavy (non-hydrogen) atoms. The predicted molar refractivity (Wildman–Crippen MR) is 48.5 cm³/mol. The van der Waals surface area contributed by atoms with Crippen LogP contribution in [0.2, 0.25) is 0 Å². The van der Waals surface area contributed by atoms with Gasteiger partial charge >= 0.3 is 0 Å². The number of carbonyl (C=O) groups excluding carboxylic acids is 1. The number of hydrogen-bond donors (Lipinski definition) is 0. The van der Waals surface area contributed by atoms with Gasteiger partial charge in [-0.1, -0.05) is 0 Å². The van der Waals surface area contributed by atoms with Crippen LogP contribution in [-0.4, -0.2) is 23.0 Å². The van der Waals surface area contributed by atoms with Crippen LogP contribution in [0.3, 0.4) is 0 Å². The van der Waals surface area contributed by atoms with E-state index in [2.05, 4.69) is 0 Å². The van der Waals surface area contributed by atoms with E-state index in [0.29, 0.717) is 0 Å². The highest BCUT2D eigenvalue weighted by atomic mass is 32.2. The number of hydrogen-bond acceptors (Lipinski definition) is 3. The minimum Gasteiger partial charge on any atom is -0.294 e. The van der Waals surface area contributed by atoms with Gasteiger partial charge in [-0.15, -0.1) is 11.8 Å². The van der Waals surface area contributed by atoms with E-state index >= 15 is 0 Å². The van der Waals surface area contributed by atoms with Crippen LogP contribution < -0.4 is 0 Å². The summed E-state index contributed by atoms with van der Waals surface area (Å²) in [6, 6.07) is 0. The van der Waals surface area contributed by atoms with Gasteiger partial charge in [0.2, 0.25) is 0 Å². The third-order valence-electron chi connectivity index (χ3n) is 1.08. The van der Waals surface area contributed by atoms with E-state index in [-0.39, 0.29) is 5.78 Å². The maximum atomic E-state index is 11.1. The van der Waals surface area contributed by atoms with Gasteiger partial charge in [-0.25, -0.2) is 0 Å². The van der Waals surface area contributed by atoms with Crippen LogP contribution >= 0.6 is 23.5 Å². The Morgan fingerprint density at radius 1 is 1.70 bits per heavy atom. The molecule has 0 bridgehead atoms. The van der Waals surface area contributed by atoms with Crippen LogP contribution in [0.5, 0.6) is 0 Å². The van der Waals surface area contributed by atoms with Crippen LogP contribution in [0.1, 0.15) is 8.29 Å². The summed E-state index contributed by atoms with van der Waals surface area (Å²) < 4.78 is 7.36. The third kappa shape index (κ3) is 2.80. The first-order chi connectivity index (χ1) is 5.20. The Morgan fingerprint density at radius 3 is 3.30 bits per heavy atom. The van der Waals surface area contributed by atoms with Gasteiger partial charge in [0.1, 0.15) is 0 Å². The Labute approximate surface area is 71.0 Å². The van der Waals surface area contributed by atoms with Crippen molar-refractivity contribution in [1.29, 1.82) is 0 Å². The Bertz CT molecular complexity index is 191. The summed E-state index contributed by atoms with van der Waals surface area (Å²) in [5.41, 5.74) is -0.592. The standard InChI is InChI=1S/C7H10OS2/c1-6-4-7(8)5-9-2-3-10-6/h4H,2-3,5H2,1H3/b6-4-/i5D. The zero-order chi connectivity index (χ0) is 8.27. The fourth-order valence-electron chi connectivity index (χ4n) is 0.668. The molecule has 0 N–H and O–H groups in total. The summed E-state index contributed by atoms with van der Waals surface area (Å²) in [4.78, 5) is 12.1. The average molecular weight is 175 g/mol. The molecule has 1 atom stereocenters. The molecule has 0 aliphatic carbocycles. The Kier molecular flexibility index (Phi) is 2.78. The summed E-state index contributed by atoms with van der Waals surface area (Å²) >= 11 is 3.11. The van der Waals surface area contributed by atoms with Crippen molar-refractivity contribution < 1.29 is 6.17 Å². The van der Waals surface area contributed by atoms with Crippen molar-refractivity contribution in [3.8, 4) is 0 Å². The Hall–Kier alpha value is 0.110. The van der Waals surface area contributed by atoms with Gasteiger partial charge in [-0.05, 0) is 17.9 Å². The second-order valence-electron chi connectivity index (χ2n) is 1.99. The lowest BCUT2D eigenvalue weighted by Crippen LogP contribution is -2.02. The van der Waals surface area contributed by atoms with Crippen molar-refractivity contribution in [2.24, 2.45) is 0 Å². The molecule has 1 unspecified atom stereocenters. The lowest BCUT2D eigenvalue weighted by molar-refractivity contribution is -0.112.